The first-order valence-electron chi connectivity index (χ1n) is 8.77. The van der Waals surface area contributed by atoms with E-state index in [4.69, 9.17) is 4.74 Å². The van der Waals surface area contributed by atoms with Gasteiger partial charge in [-0.05, 0) is 56.8 Å². The Morgan fingerprint density at radius 2 is 1.95 bits per heavy atom. The maximum atomic E-state index is 5.65. The fraction of sp³-hybridized carbons (Fsp3) is 0.941. The van der Waals surface area contributed by atoms with E-state index < -0.39 is 0 Å². The van der Waals surface area contributed by atoms with Crippen LogP contribution in [0.1, 0.15) is 58.8 Å². The smallest absolute Gasteiger partial charge is 0.191 e. The molecule has 122 valence electrons. The zero-order valence-corrected chi connectivity index (χ0v) is 14.0. The molecule has 2 aliphatic rings. The third-order valence-electron chi connectivity index (χ3n) is 5.06. The van der Waals surface area contributed by atoms with Crippen LogP contribution in [-0.4, -0.2) is 38.3 Å². The number of nitrogens with one attached hydrogen (secondary N) is 2. The number of ether oxygens (including phenoxy) is 1. The van der Waals surface area contributed by atoms with Crippen LogP contribution in [0.4, 0.5) is 0 Å². The molecule has 1 heterocycles. The van der Waals surface area contributed by atoms with Gasteiger partial charge in [0.25, 0.3) is 0 Å². The molecule has 2 fully saturated rings. The van der Waals surface area contributed by atoms with E-state index in [1.807, 2.05) is 7.05 Å². The average Bonchev–Trinajstić information content (AvgIpc) is 3.00. The van der Waals surface area contributed by atoms with Crippen molar-refractivity contribution in [1.82, 2.24) is 10.6 Å². The zero-order chi connectivity index (χ0) is 15.1. The molecule has 4 heteroatoms. The Balaban J connectivity index is 1.63. The van der Waals surface area contributed by atoms with Gasteiger partial charge in [0.1, 0.15) is 0 Å². The molecule has 0 bridgehead atoms. The molecule has 1 saturated heterocycles. The van der Waals surface area contributed by atoms with Crippen molar-refractivity contribution in [3.63, 3.8) is 0 Å². The molecule has 1 saturated carbocycles. The van der Waals surface area contributed by atoms with Gasteiger partial charge < -0.3 is 15.4 Å². The zero-order valence-electron chi connectivity index (χ0n) is 14.0. The highest BCUT2D eigenvalue weighted by molar-refractivity contribution is 5.79. The average molecular weight is 295 g/mol. The van der Waals surface area contributed by atoms with Gasteiger partial charge in [0.15, 0.2) is 5.96 Å². The van der Waals surface area contributed by atoms with Gasteiger partial charge >= 0.3 is 0 Å². The van der Waals surface area contributed by atoms with Gasteiger partial charge in [-0.1, -0.05) is 13.8 Å². The normalized spacial score (nSPS) is 30.7. The summed E-state index contributed by atoms with van der Waals surface area (Å²) in [6.45, 7) is 6.59. The van der Waals surface area contributed by atoms with Gasteiger partial charge in [0, 0.05) is 26.2 Å². The van der Waals surface area contributed by atoms with E-state index in [1.165, 1.54) is 38.5 Å². The minimum atomic E-state index is 0.456. The van der Waals surface area contributed by atoms with E-state index in [-0.39, 0.29) is 0 Å². The second-order valence-electron chi connectivity index (χ2n) is 6.92. The summed E-state index contributed by atoms with van der Waals surface area (Å²) in [7, 11) is 1.86. The first-order chi connectivity index (χ1) is 10.2. The fourth-order valence-electron chi connectivity index (χ4n) is 3.54. The second kappa shape index (κ2) is 8.62. The van der Waals surface area contributed by atoms with Gasteiger partial charge in [0.2, 0.25) is 0 Å². The molecular formula is C17H33N3O. The minimum absolute atomic E-state index is 0.456. The van der Waals surface area contributed by atoms with Crippen molar-refractivity contribution in [2.75, 3.05) is 20.2 Å². The Labute approximate surface area is 130 Å². The lowest BCUT2D eigenvalue weighted by Gasteiger charge is -2.32. The van der Waals surface area contributed by atoms with Crippen LogP contribution >= 0.6 is 0 Å². The molecule has 2 rings (SSSR count). The molecule has 0 radical (unpaired) electrons. The van der Waals surface area contributed by atoms with Crippen LogP contribution in [0, 0.1) is 11.8 Å². The van der Waals surface area contributed by atoms with Crippen molar-refractivity contribution in [3.8, 4) is 0 Å². The molecule has 0 aromatic heterocycles. The highest BCUT2D eigenvalue weighted by atomic mass is 16.5. The molecule has 1 aliphatic heterocycles. The predicted octanol–water partition coefficient (Wildman–Crippen LogP) is 2.94. The molecule has 1 aliphatic carbocycles. The van der Waals surface area contributed by atoms with Crippen LogP contribution in [0.3, 0.4) is 0 Å². The lowest BCUT2D eigenvalue weighted by Crippen LogP contribution is -2.45. The topological polar surface area (TPSA) is 45.7 Å². The van der Waals surface area contributed by atoms with Crippen LogP contribution < -0.4 is 10.6 Å². The summed E-state index contributed by atoms with van der Waals surface area (Å²) in [5, 5.41) is 7.03. The van der Waals surface area contributed by atoms with E-state index in [1.54, 1.807) is 0 Å². The molecule has 4 nitrogen and oxygen atoms in total. The maximum absolute atomic E-state index is 5.65. The molecule has 1 atom stereocenters. The van der Waals surface area contributed by atoms with Crippen molar-refractivity contribution < 1.29 is 4.74 Å². The van der Waals surface area contributed by atoms with Gasteiger partial charge in [0.05, 0.1) is 6.10 Å². The molecule has 0 amide bonds. The molecule has 21 heavy (non-hydrogen) atoms. The van der Waals surface area contributed by atoms with Crippen LogP contribution in [-0.2, 0) is 4.74 Å². The van der Waals surface area contributed by atoms with Crippen LogP contribution in [0.25, 0.3) is 0 Å². The molecular weight excluding hydrogens is 262 g/mol. The number of guanidine groups is 1. The second-order valence-corrected chi connectivity index (χ2v) is 6.92. The van der Waals surface area contributed by atoms with E-state index in [2.05, 4.69) is 29.5 Å². The highest BCUT2D eigenvalue weighted by Gasteiger charge is 2.23. The fourth-order valence-corrected chi connectivity index (χ4v) is 3.54. The Hall–Kier alpha value is -0.770. The lowest BCUT2D eigenvalue weighted by atomic mass is 9.80. The largest absolute Gasteiger partial charge is 0.378 e. The molecule has 0 spiro atoms. The van der Waals surface area contributed by atoms with Crippen LogP contribution in [0.15, 0.2) is 4.99 Å². The van der Waals surface area contributed by atoms with Crippen LogP contribution in [0.2, 0.25) is 0 Å². The Kier molecular flexibility index (Phi) is 6.81. The third-order valence-corrected chi connectivity index (χ3v) is 5.06. The molecule has 0 aromatic rings. The van der Waals surface area contributed by atoms with Crippen molar-refractivity contribution in [2.24, 2.45) is 16.8 Å². The number of aliphatic imine (C=N–C) groups is 1. The lowest BCUT2D eigenvalue weighted by molar-refractivity contribution is 0.105. The van der Waals surface area contributed by atoms with Gasteiger partial charge in [-0.15, -0.1) is 0 Å². The molecule has 1 unspecified atom stereocenters. The number of hydrogen-bond acceptors (Lipinski definition) is 2. The SMILES string of the molecule is CN=C(NCCC1CCCO1)NC1CCC(C(C)C)CC1. The Morgan fingerprint density at radius 1 is 1.19 bits per heavy atom. The maximum Gasteiger partial charge on any atom is 0.191 e. The summed E-state index contributed by atoms with van der Waals surface area (Å²) in [4.78, 5) is 4.35. The van der Waals surface area contributed by atoms with Crippen LogP contribution in [0.5, 0.6) is 0 Å². The predicted molar refractivity (Wildman–Crippen MR) is 88.7 cm³/mol. The van der Waals surface area contributed by atoms with Gasteiger partial charge in [-0.25, -0.2) is 0 Å². The van der Waals surface area contributed by atoms with Crippen molar-refractivity contribution in [2.45, 2.75) is 70.9 Å². The summed E-state index contributed by atoms with van der Waals surface area (Å²) >= 11 is 0. The minimum Gasteiger partial charge on any atom is -0.378 e. The third kappa shape index (κ3) is 5.50. The van der Waals surface area contributed by atoms with Crippen molar-refractivity contribution >= 4 is 5.96 Å². The summed E-state index contributed by atoms with van der Waals surface area (Å²) in [5.74, 6) is 2.70. The first-order valence-corrected chi connectivity index (χ1v) is 8.77. The monoisotopic (exact) mass is 295 g/mol. The van der Waals surface area contributed by atoms with Gasteiger partial charge in [-0.3, -0.25) is 4.99 Å². The van der Waals surface area contributed by atoms with Crippen molar-refractivity contribution in [3.05, 3.63) is 0 Å². The molecule has 2 N–H and O–H groups in total. The summed E-state index contributed by atoms with van der Waals surface area (Å²) in [6.07, 6.45) is 9.22. The highest BCUT2D eigenvalue weighted by Crippen LogP contribution is 2.29. The number of hydrogen-bond donors (Lipinski definition) is 2. The molecule has 0 aromatic carbocycles. The first kappa shape index (κ1) is 16.6. The summed E-state index contributed by atoms with van der Waals surface area (Å²) < 4.78 is 5.65. The van der Waals surface area contributed by atoms with E-state index >= 15 is 0 Å². The number of rotatable bonds is 5. The standard InChI is InChI=1S/C17H33N3O/c1-13(2)14-6-8-15(9-7-14)20-17(18-3)19-11-10-16-5-4-12-21-16/h13-16H,4-12H2,1-3H3,(H2,18,19,20). The quantitative estimate of drug-likeness (QED) is 0.605. The van der Waals surface area contributed by atoms with E-state index in [0.29, 0.717) is 12.1 Å². The summed E-state index contributed by atoms with van der Waals surface area (Å²) in [6, 6.07) is 0.592. The summed E-state index contributed by atoms with van der Waals surface area (Å²) in [5.41, 5.74) is 0. The Bertz CT molecular complexity index is 316. The Morgan fingerprint density at radius 3 is 2.52 bits per heavy atom. The van der Waals surface area contributed by atoms with E-state index in [9.17, 15) is 0 Å². The number of nitrogens with zero attached hydrogens (tertiary/aromatic N) is 1. The van der Waals surface area contributed by atoms with E-state index in [0.717, 1.165) is 37.4 Å². The van der Waals surface area contributed by atoms with Crippen molar-refractivity contribution in [1.29, 1.82) is 0 Å². The van der Waals surface area contributed by atoms with Gasteiger partial charge in [-0.2, -0.15) is 0 Å².